The van der Waals surface area contributed by atoms with Gasteiger partial charge in [0.25, 0.3) is 0 Å². The first-order valence-electron chi connectivity index (χ1n) is 8.29. The third-order valence-corrected chi connectivity index (χ3v) is 4.48. The first kappa shape index (κ1) is 15.3. The van der Waals surface area contributed by atoms with Crippen molar-refractivity contribution in [1.82, 2.24) is 5.32 Å². The molecule has 2 unspecified atom stereocenters. The van der Waals surface area contributed by atoms with Crippen LogP contribution in [0.15, 0.2) is 36.9 Å². The molecule has 0 radical (unpaired) electrons. The maximum absolute atomic E-state index is 3.85. The van der Waals surface area contributed by atoms with Gasteiger partial charge in [-0.05, 0) is 68.5 Å². The van der Waals surface area contributed by atoms with Gasteiger partial charge in [-0.2, -0.15) is 0 Å². The van der Waals surface area contributed by atoms with Crippen LogP contribution in [0.3, 0.4) is 0 Å². The Labute approximate surface area is 124 Å². The Morgan fingerprint density at radius 2 is 2.25 bits per heavy atom. The van der Waals surface area contributed by atoms with Crippen molar-refractivity contribution in [2.24, 2.45) is 0 Å². The van der Waals surface area contributed by atoms with Gasteiger partial charge in [-0.1, -0.05) is 37.3 Å². The smallest absolute Gasteiger partial charge is 0.0136 e. The highest BCUT2D eigenvalue weighted by Crippen LogP contribution is 2.35. The second-order valence-corrected chi connectivity index (χ2v) is 5.98. The lowest BCUT2D eigenvalue weighted by atomic mass is 9.77. The molecule has 0 saturated heterocycles. The first-order chi connectivity index (χ1) is 9.86. The third-order valence-electron chi connectivity index (χ3n) is 4.48. The van der Waals surface area contributed by atoms with Gasteiger partial charge in [-0.3, -0.25) is 0 Å². The molecule has 0 heterocycles. The zero-order valence-electron chi connectivity index (χ0n) is 12.9. The highest BCUT2D eigenvalue weighted by molar-refractivity contribution is 5.33. The van der Waals surface area contributed by atoms with E-state index in [0.29, 0.717) is 12.0 Å². The fourth-order valence-corrected chi connectivity index (χ4v) is 3.47. The molecule has 2 rings (SSSR count). The summed E-state index contributed by atoms with van der Waals surface area (Å²) in [6.07, 6.45) is 10.9. The van der Waals surface area contributed by atoms with Crippen molar-refractivity contribution in [1.29, 1.82) is 0 Å². The molecule has 20 heavy (non-hydrogen) atoms. The van der Waals surface area contributed by atoms with E-state index in [4.69, 9.17) is 0 Å². The predicted octanol–water partition coefficient (Wildman–Crippen LogP) is 4.83. The minimum atomic E-state index is 0.636. The number of allylic oxidation sites excluding steroid dienone is 1. The van der Waals surface area contributed by atoms with Crippen LogP contribution in [0.5, 0.6) is 0 Å². The topological polar surface area (TPSA) is 12.0 Å². The van der Waals surface area contributed by atoms with E-state index in [-0.39, 0.29) is 0 Å². The second kappa shape index (κ2) is 8.26. The quantitative estimate of drug-likeness (QED) is 0.527. The molecule has 1 heteroatoms. The van der Waals surface area contributed by atoms with Crippen molar-refractivity contribution in [3.63, 3.8) is 0 Å². The number of hydrogen-bond acceptors (Lipinski definition) is 1. The number of aryl methyl sites for hydroxylation is 1. The second-order valence-electron chi connectivity index (χ2n) is 5.98. The molecule has 1 N–H and O–H groups in total. The highest BCUT2D eigenvalue weighted by atomic mass is 14.9. The summed E-state index contributed by atoms with van der Waals surface area (Å²) in [7, 11) is 0. The van der Waals surface area contributed by atoms with Crippen molar-refractivity contribution in [2.75, 3.05) is 6.54 Å². The molecule has 0 bridgehead atoms. The summed E-state index contributed by atoms with van der Waals surface area (Å²) in [5.41, 5.74) is 3.18. The zero-order valence-corrected chi connectivity index (χ0v) is 12.9. The minimum absolute atomic E-state index is 0.636. The molecule has 0 saturated carbocycles. The highest BCUT2D eigenvalue weighted by Gasteiger charge is 2.26. The maximum Gasteiger partial charge on any atom is 0.0136 e. The molecule has 1 aliphatic rings. The van der Waals surface area contributed by atoms with Crippen molar-refractivity contribution in [2.45, 2.75) is 63.8 Å². The van der Waals surface area contributed by atoms with Crippen LogP contribution in [0.2, 0.25) is 0 Å². The fourth-order valence-electron chi connectivity index (χ4n) is 3.47. The summed E-state index contributed by atoms with van der Waals surface area (Å²) in [6.45, 7) is 7.24. The third kappa shape index (κ3) is 3.96. The van der Waals surface area contributed by atoms with Gasteiger partial charge in [-0.15, -0.1) is 6.58 Å². The first-order valence-corrected chi connectivity index (χ1v) is 8.29. The van der Waals surface area contributed by atoms with Crippen LogP contribution in [-0.4, -0.2) is 12.6 Å². The zero-order chi connectivity index (χ0) is 14.2. The summed E-state index contributed by atoms with van der Waals surface area (Å²) in [5, 5.41) is 3.80. The van der Waals surface area contributed by atoms with Crippen LogP contribution >= 0.6 is 0 Å². The predicted molar refractivity (Wildman–Crippen MR) is 88.3 cm³/mol. The van der Waals surface area contributed by atoms with Crippen LogP contribution in [0.4, 0.5) is 0 Å². The van der Waals surface area contributed by atoms with Gasteiger partial charge in [0.15, 0.2) is 0 Å². The SMILES string of the molecule is C=CCCCC(NCCC)C1CCCc2ccccc21. The molecule has 1 nitrogen and oxygen atoms in total. The Kier molecular flexibility index (Phi) is 6.32. The van der Waals surface area contributed by atoms with Crippen LogP contribution in [-0.2, 0) is 6.42 Å². The lowest BCUT2D eigenvalue weighted by Crippen LogP contribution is -2.37. The van der Waals surface area contributed by atoms with Gasteiger partial charge in [-0.25, -0.2) is 0 Å². The van der Waals surface area contributed by atoms with E-state index >= 15 is 0 Å². The van der Waals surface area contributed by atoms with E-state index in [1.165, 1.54) is 38.5 Å². The Morgan fingerprint density at radius 3 is 3.05 bits per heavy atom. The van der Waals surface area contributed by atoms with Crippen LogP contribution in [0.25, 0.3) is 0 Å². The van der Waals surface area contributed by atoms with Crippen LogP contribution < -0.4 is 5.32 Å². The van der Waals surface area contributed by atoms with E-state index in [9.17, 15) is 0 Å². The molecular weight excluding hydrogens is 242 g/mol. The Hall–Kier alpha value is -1.08. The summed E-state index contributed by atoms with van der Waals surface area (Å²) >= 11 is 0. The van der Waals surface area contributed by atoms with E-state index in [1.54, 1.807) is 11.1 Å². The number of fused-ring (bicyclic) bond motifs is 1. The van der Waals surface area contributed by atoms with Crippen molar-refractivity contribution < 1.29 is 0 Å². The molecule has 0 aromatic heterocycles. The van der Waals surface area contributed by atoms with E-state index in [2.05, 4.69) is 43.1 Å². The normalized spacial score (nSPS) is 19.4. The molecule has 1 aromatic carbocycles. The van der Waals surface area contributed by atoms with Gasteiger partial charge in [0.1, 0.15) is 0 Å². The average Bonchev–Trinajstić information content (AvgIpc) is 2.50. The van der Waals surface area contributed by atoms with Crippen molar-refractivity contribution in [3.05, 3.63) is 48.0 Å². The maximum atomic E-state index is 3.85. The Bertz CT molecular complexity index is 410. The molecule has 110 valence electrons. The summed E-state index contributed by atoms with van der Waals surface area (Å²) in [5.74, 6) is 0.705. The van der Waals surface area contributed by atoms with Crippen molar-refractivity contribution >= 4 is 0 Å². The largest absolute Gasteiger partial charge is 0.313 e. The molecule has 0 fully saturated rings. The summed E-state index contributed by atoms with van der Waals surface area (Å²) < 4.78 is 0. The monoisotopic (exact) mass is 271 g/mol. The van der Waals surface area contributed by atoms with Gasteiger partial charge in [0.05, 0.1) is 0 Å². The molecule has 1 aliphatic carbocycles. The lowest BCUT2D eigenvalue weighted by molar-refractivity contribution is 0.367. The minimum Gasteiger partial charge on any atom is -0.313 e. The van der Waals surface area contributed by atoms with Crippen LogP contribution in [0, 0.1) is 0 Å². The van der Waals surface area contributed by atoms with E-state index in [1.807, 2.05) is 6.08 Å². The summed E-state index contributed by atoms with van der Waals surface area (Å²) in [4.78, 5) is 0. The van der Waals surface area contributed by atoms with Crippen LogP contribution in [0.1, 0.15) is 62.5 Å². The number of nitrogens with one attached hydrogen (secondary N) is 1. The molecule has 0 spiro atoms. The average molecular weight is 271 g/mol. The van der Waals surface area contributed by atoms with Gasteiger partial charge in [0.2, 0.25) is 0 Å². The molecule has 0 amide bonds. The molecular formula is C19H29N. The number of hydrogen-bond donors (Lipinski definition) is 1. The summed E-state index contributed by atoms with van der Waals surface area (Å²) in [6, 6.07) is 9.71. The number of benzene rings is 1. The van der Waals surface area contributed by atoms with Gasteiger partial charge < -0.3 is 5.32 Å². The number of unbranched alkanes of at least 4 members (excludes halogenated alkanes) is 1. The fraction of sp³-hybridized carbons (Fsp3) is 0.579. The standard InChI is InChI=1S/C19H29N/c1-3-5-6-14-19(20-15-4-2)18-13-9-11-16-10-7-8-12-17(16)18/h3,7-8,10,12,18-20H,1,4-6,9,11,13-15H2,2H3. The lowest BCUT2D eigenvalue weighted by Gasteiger charge is -2.33. The van der Waals surface area contributed by atoms with E-state index in [0.717, 1.165) is 13.0 Å². The Balaban J connectivity index is 2.09. The number of rotatable bonds is 8. The van der Waals surface area contributed by atoms with Gasteiger partial charge in [0, 0.05) is 6.04 Å². The molecule has 2 atom stereocenters. The van der Waals surface area contributed by atoms with E-state index < -0.39 is 0 Å². The Morgan fingerprint density at radius 1 is 1.40 bits per heavy atom. The molecule has 0 aliphatic heterocycles. The van der Waals surface area contributed by atoms with Crippen molar-refractivity contribution in [3.8, 4) is 0 Å². The van der Waals surface area contributed by atoms with Gasteiger partial charge >= 0.3 is 0 Å². The molecule has 1 aromatic rings.